The molecule has 1 aromatic heterocycles. The lowest BCUT2D eigenvalue weighted by Gasteiger charge is -2.19. The van der Waals surface area contributed by atoms with Crippen molar-refractivity contribution in [3.05, 3.63) is 17.8 Å². The van der Waals surface area contributed by atoms with Crippen molar-refractivity contribution in [3.8, 4) is 0 Å². The van der Waals surface area contributed by atoms with E-state index in [1.807, 2.05) is 25.8 Å². The number of anilines is 2. The van der Waals surface area contributed by atoms with Crippen molar-refractivity contribution in [2.75, 3.05) is 30.8 Å². The summed E-state index contributed by atoms with van der Waals surface area (Å²) in [4.78, 5) is 17.2. The third-order valence-electron chi connectivity index (χ3n) is 2.45. The maximum atomic E-state index is 11.2. The maximum Gasteiger partial charge on any atom is 0.250 e. The Bertz CT molecular complexity index is 421. The van der Waals surface area contributed by atoms with E-state index in [2.05, 4.69) is 4.98 Å². The van der Waals surface area contributed by atoms with Crippen molar-refractivity contribution in [1.29, 1.82) is 0 Å². The molecule has 0 radical (unpaired) electrons. The molecule has 1 rings (SSSR count). The number of nitrogen functional groups attached to an aromatic ring is 1. The van der Waals surface area contributed by atoms with E-state index in [0.717, 1.165) is 0 Å². The number of hydrogen-bond donors (Lipinski definition) is 2. The summed E-state index contributed by atoms with van der Waals surface area (Å²) in [5.74, 6) is 0.0911. The highest BCUT2D eigenvalue weighted by molar-refractivity contribution is 5.98. The average molecular weight is 252 g/mol. The first-order valence-electron chi connectivity index (χ1n) is 5.80. The number of likely N-dealkylation sites (N-methyl/N-ethyl adjacent to an activating group) is 1. The summed E-state index contributed by atoms with van der Waals surface area (Å²) in [5.41, 5.74) is 11.4. The van der Waals surface area contributed by atoms with Crippen LogP contribution in [-0.4, -0.2) is 37.2 Å². The molecule has 0 aromatic carbocycles. The molecule has 1 heterocycles. The molecule has 1 aromatic rings. The van der Waals surface area contributed by atoms with E-state index in [1.54, 1.807) is 6.07 Å². The molecule has 0 bridgehead atoms. The van der Waals surface area contributed by atoms with Crippen LogP contribution < -0.4 is 16.4 Å². The second kappa shape index (κ2) is 6.20. The molecule has 0 aliphatic rings. The zero-order valence-corrected chi connectivity index (χ0v) is 11.0. The third-order valence-corrected chi connectivity index (χ3v) is 2.45. The van der Waals surface area contributed by atoms with Gasteiger partial charge in [-0.05, 0) is 19.9 Å². The van der Waals surface area contributed by atoms with Crippen LogP contribution in [0.2, 0.25) is 0 Å². The van der Waals surface area contributed by atoms with E-state index in [4.69, 9.17) is 16.2 Å². The van der Waals surface area contributed by atoms with Gasteiger partial charge in [0.1, 0.15) is 5.82 Å². The van der Waals surface area contributed by atoms with Crippen molar-refractivity contribution in [3.63, 3.8) is 0 Å². The summed E-state index contributed by atoms with van der Waals surface area (Å²) < 4.78 is 5.45. The number of nitrogens with two attached hydrogens (primary N) is 2. The van der Waals surface area contributed by atoms with Crippen LogP contribution in [0.4, 0.5) is 11.5 Å². The molecule has 6 heteroatoms. The van der Waals surface area contributed by atoms with E-state index in [-0.39, 0.29) is 17.4 Å². The zero-order chi connectivity index (χ0) is 13.7. The molecule has 4 N–H and O–H groups in total. The van der Waals surface area contributed by atoms with Crippen LogP contribution in [0.15, 0.2) is 12.3 Å². The Morgan fingerprint density at radius 3 is 2.78 bits per heavy atom. The number of hydrogen-bond acceptors (Lipinski definition) is 5. The lowest BCUT2D eigenvalue weighted by atomic mass is 10.2. The highest BCUT2D eigenvalue weighted by Gasteiger charge is 2.10. The topological polar surface area (TPSA) is 94.5 Å². The number of nitrogens with zero attached hydrogens (tertiary/aromatic N) is 2. The normalized spacial score (nSPS) is 10.7. The second-order valence-electron chi connectivity index (χ2n) is 4.34. The van der Waals surface area contributed by atoms with Gasteiger partial charge in [0.15, 0.2) is 0 Å². The van der Waals surface area contributed by atoms with Crippen LogP contribution in [0.5, 0.6) is 0 Å². The van der Waals surface area contributed by atoms with Gasteiger partial charge in [-0.1, -0.05) is 0 Å². The third kappa shape index (κ3) is 3.89. The summed E-state index contributed by atoms with van der Waals surface area (Å²) >= 11 is 0. The van der Waals surface area contributed by atoms with Crippen molar-refractivity contribution >= 4 is 17.4 Å². The van der Waals surface area contributed by atoms with E-state index in [1.165, 1.54) is 6.20 Å². The number of amides is 1. The molecule has 0 saturated heterocycles. The van der Waals surface area contributed by atoms with Gasteiger partial charge < -0.3 is 21.1 Å². The predicted octanol–water partition coefficient (Wildman–Crippen LogP) is 0.624. The number of carbonyl (C=O) groups excluding carboxylic acids is 1. The number of rotatable bonds is 6. The van der Waals surface area contributed by atoms with Gasteiger partial charge in [0.25, 0.3) is 5.91 Å². The van der Waals surface area contributed by atoms with Crippen LogP contribution >= 0.6 is 0 Å². The fraction of sp³-hybridized carbons (Fsp3) is 0.500. The molecule has 0 aliphatic heterocycles. The molecular formula is C12H20N4O2. The standard InChI is InChI=1S/C12H20N4O2/c1-8(2)18-5-4-16(3)11-6-9(12(14)17)10(13)7-15-11/h6-8H,4-5,13H2,1-3H3,(H2,14,17). The monoisotopic (exact) mass is 252 g/mol. The summed E-state index contributed by atoms with van der Waals surface area (Å²) in [5, 5.41) is 0. The molecule has 100 valence electrons. The Labute approximate surface area is 107 Å². The van der Waals surface area contributed by atoms with E-state index >= 15 is 0 Å². The first-order chi connectivity index (χ1) is 8.41. The molecule has 0 atom stereocenters. The van der Waals surface area contributed by atoms with Gasteiger partial charge in [-0.3, -0.25) is 4.79 Å². The summed E-state index contributed by atoms with van der Waals surface area (Å²) in [6.45, 7) is 5.22. The first kappa shape index (κ1) is 14.2. The number of pyridine rings is 1. The SMILES string of the molecule is CC(C)OCCN(C)c1cc(C(N)=O)c(N)cn1. The van der Waals surface area contributed by atoms with E-state index < -0.39 is 5.91 Å². The van der Waals surface area contributed by atoms with Crippen LogP contribution in [0.1, 0.15) is 24.2 Å². The molecule has 0 fully saturated rings. The fourth-order valence-corrected chi connectivity index (χ4v) is 1.42. The zero-order valence-electron chi connectivity index (χ0n) is 11.0. The predicted molar refractivity (Wildman–Crippen MR) is 71.5 cm³/mol. The lowest BCUT2D eigenvalue weighted by molar-refractivity contribution is 0.0845. The number of aromatic nitrogens is 1. The number of carbonyl (C=O) groups is 1. The van der Waals surface area contributed by atoms with Gasteiger partial charge in [0.05, 0.1) is 30.2 Å². The average Bonchev–Trinajstić information content (AvgIpc) is 2.28. The molecule has 0 saturated carbocycles. The quantitative estimate of drug-likeness (QED) is 0.774. The minimum absolute atomic E-state index is 0.193. The van der Waals surface area contributed by atoms with Crippen molar-refractivity contribution < 1.29 is 9.53 Å². The highest BCUT2D eigenvalue weighted by atomic mass is 16.5. The van der Waals surface area contributed by atoms with Gasteiger partial charge in [-0.25, -0.2) is 4.98 Å². The van der Waals surface area contributed by atoms with E-state index in [9.17, 15) is 4.79 Å². The maximum absolute atomic E-state index is 11.2. The second-order valence-corrected chi connectivity index (χ2v) is 4.34. The van der Waals surface area contributed by atoms with Crippen molar-refractivity contribution in [2.24, 2.45) is 5.73 Å². The largest absolute Gasteiger partial charge is 0.397 e. The van der Waals surface area contributed by atoms with Crippen LogP contribution in [0.3, 0.4) is 0 Å². The van der Waals surface area contributed by atoms with Gasteiger partial charge in [0, 0.05) is 13.6 Å². The molecule has 0 unspecified atom stereocenters. The Balaban J connectivity index is 2.71. The van der Waals surface area contributed by atoms with Crippen LogP contribution in [0.25, 0.3) is 0 Å². The van der Waals surface area contributed by atoms with Crippen LogP contribution in [-0.2, 0) is 4.74 Å². The first-order valence-corrected chi connectivity index (χ1v) is 5.80. The minimum atomic E-state index is -0.553. The molecule has 6 nitrogen and oxygen atoms in total. The lowest BCUT2D eigenvalue weighted by Crippen LogP contribution is -2.25. The summed E-state index contributed by atoms with van der Waals surface area (Å²) in [7, 11) is 1.87. The van der Waals surface area contributed by atoms with Crippen molar-refractivity contribution in [1.82, 2.24) is 4.98 Å². The number of primary amides is 1. The van der Waals surface area contributed by atoms with E-state index in [0.29, 0.717) is 19.0 Å². The van der Waals surface area contributed by atoms with Gasteiger partial charge in [0.2, 0.25) is 0 Å². The number of ether oxygens (including phenoxy) is 1. The Hall–Kier alpha value is -1.82. The molecule has 18 heavy (non-hydrogen) atoms. The molecule has 0 spiro atoms. The minimum Gasteiger partial charge on any atom is -0.397 e. The fourth-order valence-electron chi connectivity index (χ4n) is 1.42. The smallest absolute Gasteiger partial charge is 0.250 e. The Kier molecular flexibility index (Phi) is 4.91. The summed E-state index contributed by atoms with van der Waals surface area (Å²) in [6.07, 6.45) is 1.63. The Morgan fingerprint density at radius 2 is 2.22 bits per heavy atom. The molecule has 1 amide bonds. The summed E-state index contributed by atoms with van der Waals surface area (Å²) in [6, 6.07) is 1.59. The van der Waals surface area contributed by atoms with Crippen molar-refractivity contribution in [2.45, 2.75) is 20.0 Å². The van der Waals surface area contributed by atoms with Gasteiger partial charge in [-0.15, -0.1) is 0 Å². The van der Waals surface area contributed by atoms with Gasteiger partial charge in [-0.2, -0.15) is 0 Å². The van der Waals surface area contributed by atoms with Crippen LogP contribution in [0, 0.1) is 0 Å². The Morgan fingerprint density at radius 1 is 1.56 bits per heavy atom. The molecule has 0 aliphatic carbocycles. The highest BCUT2D eigenvalue weighted by Crippen LogP contribution is 2.16. The van der Waals surface area contributed by atoms with Gasteiger partial charge >= 0.3 is 0 Å². The molecular weight excluding hydrogens is 232 g/mol.